The third-order valence-electron chi connectivity index (χ3n) is 5.47. The highest BCUT2D eigenvalue weighted by Gasteiger charge is 2.24. The Morgan fingerprint density at radius 3 is 2.93 bits per heavy atom. The normalized spacial score (nSPS) is 18.9. The molecule has 3 aromatic rings. The number of hydrogen-bond acceptors (Lipinski definition) is 4. The molecule has 0 amide bonds. The Morgan fingerprint density at radius 1 is 1.30 bits per heavy atom. The van der Waals surface area contributed by atoms with Crippen LogP contribution < -0.4 is 4.74 Å². The fourth-order valence-corrected chi connectivity index (χ4v) is 5.37. The molecule has 1 saturated heterocycles. The zero-order valence-electron chi connectivity index (χ0n) is 15.8. The molecule has 0 radical (unpaired) electrons. The fourth-order valence-electron chi connectivity index (χ4n) is 4.08. The molecule has 0 saturated carbocycles. The number of nitrogens with zero attached hydrogens (tertiary/aromatic N) is 2. The van der Waals surface area contributed by atoms with Gasteiger partial charge in [0.1, 0.15) is 6.17 Å². The molecule has 0 spiro atoms. The first-order chi connectivity index (χ1) is 13.2. The van der Waals surface area contributed by atoms with E-state index in [1.165, 1.54) is 20.5 Å². The van der Waals surface area contributed by atoms with Crippen molar-refractivity contribution in [2.45, 2.75) is 31.9 Å². The number of pyridine rings is 1. The third kappa shape index (κ3) is 3.71. The number of hydrogen-bond donors (Lipinski definition) is 0. The molecule has 1 aliphatic rings. The largest absolute Gasteiger partial charge is 0.481 e. The minimum absolute atomic E-state index is 0.187. The topological polar surface area (TPSA) is 25.4 Å². The van der Waals surface area contributed by atoms with Gasteiger partial charge in [-0.15, -0.1) is 11.3 Å². The molecular formula is C22H25FN2OS. The molecule has 1 aromatic carbocycles. The van der Waals surface area contributed by atoms with Gasteiger partial charge in [-0.3, -0.25) is 4.90 Å². The van der Waals surface area contributed by atoms with Gasteiger partial charge in [-0.2, -0.15) is 0 Å². The van der Waals surface area contributed by atoms with E-state index in [1.807, 2.05) is 17.4 Å². The van der Waals surface area contributed by atoms with Crippen LogP contribution in [-0.2, 0) is 6.42 Å². The van der Waals surface area contributed by atoms with Crippen molar-refractivity contribution in [1.29, 1.82) is 0 Å². The Hall–Kier alpha value is -1.98. The summed E-state index contributed by atoms with van der Waals surface area (Å²) in [6.07, 6.45) is 2.73. The van der Waals surface area contributed by atoms with Gasteiger partial charge in [-0.05, 0) is 35.9 Å². The van der Waals surface area contributed by atoms with Crippen LogP contribution in [-0.4, -0.2) is 42.8 Å². The molecular weight excluding hydrogens is 359 g/mol. The van der Waals surface area contributed by atoms with Crippen molar-refractivity contribution in [2.75, 3.05) is 26.7 Å². The number of thiophene rings is 1. The van der Waals surface area contributed by atoms with E-state index in [4.69, 9.17) is 4.74 Å². The summed E-state index contributed by atoms with van der Waals surface area (Å²) < 4.78 is 20.3. The quantitative estimate of drug-likeness (QED) is 0.595. The lowest BCUT2D eigenvalue weighted by molar-refractivity contribution is 0.290. The second kappa shape index (κ2) is 7.95. The van der Waals surface area contributed by atoms with Gasteiger partial charge in [-0.1, -0.05) is 31.2 Å². The van der Waals surface area contributed by atoms with Crippen LogP contribution in [0.4, 0.5) is 4.39 Å². The predicted octanol–water partition coefficient (Wildman–Crippen LogP) is 5.04. The molecule has 2 atom stereocenters. The van der Waals surface area contributed by atoms with Crippen molar-refractivity contribution >= 4 is 21.4 Å². The first kappa shape index (κ1) is 18.4. The van der Waals surface area contributed by atoms with Crippen LogP contribution in [0.15, 0.2) is 42.6 Å². The lowest BCUT2D eigenvalue weighted by Gasteiger charge is -2.18. The number of rotatable bonds is 6. The van der Waals surface area contributed by atoms with E-state index in [0.29, 0.717) is 18.8 Å². The lowest BCUT2D eigenvalue weighted by atomic mass is 9.90. The molecule has 5 heteroatoms. The van der Waals surface area contributed by atoms with Crippen LogP contribution in [0, 0.1) is 0 Å². The highest BCUT2D eigenvalue weighted by Crippen LogP contribution is 2.41. The molecule has 3 heterocycles. The van der Waals surface area contributed by atoms with Crippen LogP contribution in [0.3, 0.4) is 0 Å². The zero-order valence-corrected chi connectivity index (χ0v) is 16.6. The van der Waals surface area contributed by atoms with Crippen molar-refractivity contribution < 1.29 is 9.13 Å². The van der Waals surface area contributed by atoms with Crippen LogP contribution in [0.5, 0.6) is 5.88 Å². The van der Waals surface area contributed by atoms with E-state index >= 15 is 0 Å². The summed E-state index contributed by atoms with van der Waals surface area (Å²) in [4.78, 5) is 8.02. The number of methoxy groups -OCH3 is 1. The second-order valence-electron chi connectivity index (χ2n) is 7.20. The molecule has 0 aliphatic carbocycles. The van der Waals surface area contributed by atoms with E-state index in [0.717, 1.165) is 25.1 Å². The van der Waals surface area contributed by atoms with Gasteiger partial charge in [-0.25, -0.2) is 9.37 Å². The van der Waals surface area contributed by atoms with Gasteiger partial charge in [0.25, 0.3) is 0 Å². The van der Waals surface area contributed by atoms with Crippen molar-refractivity contribution in [3.05, 3.63) is 58.6 Å². The summed E-state index contributed by atoms with van der Waals surface area (Å²) in [5.41, 5.74) is 2.47. The summed E-state index contributed by atoms with van der Waals surface area (Å²) in [5.74, 6) is 0.873. The molecule has 0 bridgehead atoms. The molecule has 1 aliphatic heterocycles. The standard InChI is InChI=1S/C22H25FN2OS/c1-15(17-7-5-11-24-22(17)26-2)21-18-6-3-4-8-19(18)27-20(21)10-13-25-12-9-16(23)14-25/h3-8,11,15-16H,9-10,12-14H2,1-2H3. The molecule has 0 N–H and O–H groups in total. The second-order valence-corrected chi connectivity index (χ2v) is 8.33. The van der Waals surface area contributed by atoms with Crippen molar-refractivity contribution in [3.8, 4) is 5.88 Å². The maximum Gasteiger partial charge on any atom is 0.216 e. The molecule has 2 unspecified atom stereocenters. The Bertz CT molecular complexity index is 926. The van der Waals surface area contributed by atoms with Gasteiger partial charge < -0.3 is 4.74 Å². The SMILES string of the molecule is COc1ncccc1C(C)c1c(CCN2CCC(F)C2)sc2ccccc12. The van der Waals surface area contributed by atoms with Crippen LogP contribution in [0.25, 0.3) is 10.1 Å². The summed E-state index contributed by atoms with van der Waals surface area (Å²) in [6, 6.07) is 12.7. The third-order valence-corrected chi connectivity index (χ3v) is 6.72. The first-order valence-electron chi connectivity index (χ1n) is 9.53. The average Bonchev–Trinajstić information content (AvgIpc) is 3.28. The Labute approximate surface area is 163 Å². The minimum atomic E-state index is -0.662. The number of halogens is 1. The zero-order chi connectivity index (χ0) is 18.8. The van der Waals surface area contributed by atoms with Gasteiger partial charge in [0.05, 0.1) is 7.11 Å². The van der Waals surface area contributed by atoms with Crippen molar-refractivity contribution in [1.82, 2.24) is 9.88 Å². The minimum Gasteiger partial charge on any atom is -0.481 e. The van der Waals surface area contributed by atoms with Crippen LogP contribution in [0.2, 0.25) is 0 Å². The fraction of sp³-hybridized carbons (Fsp3) is 0.409. The molecule has 27 heavy (non-hydrogen) atoms. The van der Waals surface area contributed by atoms with E-state index < -0.39 is 6.17 Å². The Morgan fingerprint density at radius 2 is 2.15 bits per heavy atom. The number of ether oxygens (including phenoxy) is 1. The highest BCUT2D eigenvalue weighted by atomic mass is 32.1. The predicted molar refractivity (Wildman–Crippen MR) is 110 cm³/mol. The number of alkyl halides is 1. The van der Waals surface area contributed by atoms with E-state index in [-0.39, 0.29) is 5.92 Å². The number of benzene rings is 1. The molecule has 4 rings (SSSR count). The van der Waals surface area contributed by atoms with Gasteiger partial charge in [0, 0.05) is 46.9 Å². The van der Waals surface area contributed by atoms with E-state index in [2.05, 4.69) is 47.1 Å². The lowest BCUT2D eigenvalue weighted by Crippen LogP contribution is -2.23. The summed E-state index contributed by atoms with van der Waals surface area (Å²) in [7, 11) is 1.67. The number of likely N-dealkylation sites (tertiary alicyclic amines) is 1. The maximum absolute atomic E-state index is 13.5. The maximum atomic E-state index is 13.5. The highest BCUT2D eigenvalue weighted by molar-refractivity contribution is 7.19. The van der Waals surface area contributed by atoms with Gasteiger partial charge in [0.2, 0.25) is 5.88 Å². The van der Waals surface area contributed by atoms with Crippen LogP contribution in [0.1, 0.15) is 35.3 Å². The summed E-state index contributed by atoms with van der Waals surface area (Å²) in [6.45, 7) is 4.59. The smallest absolute Gasteiger partial charge is 0.216 e. The molecule has 3 nitrogen and oxygen atoms in total. The van der Waals surface area contributed by atoms with Crippen molar-refractivity contribution in [2.24, 2.45) is 0 Å². The Balaban J connectivity index is 1.69. The average molecular weight is 385 g/mol. The summed E-state index contributed by atoms with van der Waals surface area (Å²) >= 11 is 1.86. The number of aromatic nitrogens is 1. The molecule has 142 valence electrons. The van der Waals surface area contributed by atoms with Crippen LogP contribution >= 0.6 is 11.3 Å². The van der Waals surface area contributed by atoms with Gasteiger partial charge >= 0.3 is 0 Å². The number of fused-ring (bicyclic) bond motifs is 1. The van der Waals surface area contributed by atoms with Crippen molar-refractivity contribution in [3.63, 3.8) is 0 Å². The summed E-state index contributed by atoms with van der Waals surface area (Å²) in [5, 5.41) is 1.31. The Kier molecular flexibility index (Phi) is 5.41. The van der Waals surface area contributed by atoms with E-state index in [1.54, 1.807) is 13.3 Å². The van der Waals surface area contributed by atoms with Gasteiger partial charge in [0.15, 0.2) is 0 Å². The monoisotopic (exact) mass is 384 g/mol. The molecule has 1 fully saturated rings. The first-order valence-corrected chi connectivity index (χ1v) is 10.3. The van der Waals surface area contributed by atoms with E-state index in [9.17, 15) is 4.39 Å². The molecule has 2 aromatic heterocycles.